The Bertz CT molecular complexity index is 35.8. The van der Waals surface area contributed by atoms with Crippen LogP contribution in [0.1, 0.15) is 0 Å². The summed E-state index contributed by atoms with van der Waals surface area (Å²) >= 11 is 4.57. The Morgan fingerprint density at radius 3 is 2.25 bits per heavy atom. The van der Waals surface area contributed by atoms with Gasteiger partial charge in [-0.3, -0.25) is 0 Å². The molecule has 0 radical (unpaired) electrons. The second kappa shape index (κ2) is 2.58. The summed E-state index contributed by atoms with van der Waals surface area (Å²) in [7, 11) is 0. The first-order valence-electron chi connectivity index (χ1n) is 0.663. The van der Waals surface area contributed by atoms with E-state index in [0.717, 1.165) is 0 Å². The number of rotatable bonds is 0. The predicted molar refractivity (Wildman–Crippen MR) is 14.6 cm³/mol. The maximum Gasteiger partial charge on any atom is 0.192 e. The molecule has 0 heterocycles. The van der Waals surface area contributed by atoms with E-state index in [0.29, 0.717) is 0 Å². The molecule has 0 amide bonds. The molecule has 0 spiro atoms. The summed E-state index contributed by atoms with van der Waals surface area (Å²) < 4.78 is 0. The average molecular weight is 76.5 g/mol. The van der Waals surface area contributed by atoms with E-state index in [1.54, 1.807) is 4.84 Å². The lowest BCUT2D eigenvalue weighted by molar-refractivity contribution is 1.35. The molecule has 0 unspecified atom stereocenters. The van der Waals surface area contributed by atoms with Crippen LogP contribution < -0.4 is 4.84 Å². The number of nitriles is 1. The van der Waals surface area contributed by atoms with Crippen molar-refractivity contribution in [1.82, 2.24) is 4.84 Å². The molecule has 0 aliphatic carbocycles. The molecule has 0 rings (SSSR count). The fourth-order valence-corrected chi connectivity index (χ4v) is 0. The highest BCUT2D eigenvalue weighted by Gasteiger charge is 1.44. The number of halogens is 1. The molecule has 2 nitrogen and oxygen atoms in total. The van der Waals surface area contributed by atoms with Gasteiger partial charge in [0, 0.05) is 11.8 Å². The van der Waals surface area contributed by atoms with E-state index in [2.05, 4.69) is 11.8 Å². The zero-order valence-electron chi connectivity index (χ0n) is 1.83. The zero-order valence-corrected chi connectivity index (χ0v) is 2.58. The van der Waals surface area contributed by atoms with Crippen LogP contribution in [0.15, 0.2) is 0 Å². The maximum absolute atomic E-state index is 7.38. The van der Waals surface area contributed by atoms with Gasteiger partial charge >= 0.3 is 0 Å². The standard InChI is InChI=1S/CHClN2/c2-4-1-3/h4H. The summed E-state index contributed by atoms with van der Waals surface area (Å²) in [4.78, 5) is 1.71. The van der Waals surface area contributed by atoms with Crippen molar-refractivity contribution in [2.24, 2.45) is 0 Å². The first-order valence-corrected chi connectivity index (χ1v) is 1.04. The summed E-state index contributed by atoms with van der Waals surface area (Å²) in [6, 6.07) is 0. The van der Waals surface area contributed by atoms with Crippen molar-refractivity contribution >= 4 is 11.8 Å². The number of hydrogen-bond acceptors (Lipinski definition) is 2. The Kier molecular flexibility index (Phi) is 2.31. The molecule has 0 aliphatic heterocycles. The second-order valence-electron chi connectivity index (χ2n) is 0.206. The normalized spacial score (nSPS) is 4.00. The fourth-order valence-electron chi connectivity index (χ4n) is 0. The molecular formula is CHClN2. The summed E-state index contributed by atoms with van der Waals surface area (Å²) in [6.07, 6.45) is 1.45. The van der Waals surface area contributed by atoms with Crippen LogP contribution in [0.5, 0.6) is 0 Å². The van der Waals surface area contributed by atoms with Crippen LogP contribution in [0.25, 0.3) is 0 Å². The summed E-state index contributed by atoms with van der Waals surface area (Å²) in [5, 5.41) is 7.38. The molecule has 0 saturated heterocycles. The monoisotopic (exact) mass is 76.0 g/mol. The molecule has 0 aromatic rings. The van der Waals surface area contributed by atoms with Crippen LogP contribution >= 0.6 is 11.8 Å². The molecule has 0 aromatic heterocycles. The summed E-state index contributed by atoms with van der Waals surface area (Å²) in [5.41, 5.74) is 0. The van der Waals surface area contributed by atoms with Gasteiger partial charge in [-0.1, -0.05) is 0 Å². The quantitative estimate of drug-likeness (QED) is 0.254. The minimum absolute atomic E-state index is 1.45. The maximum atomic E-state index is 7.38. The van der Waals surface area contributed by atoms with Gasteiger partial charge in [0.05, 0.1) is 0 Å². The van der Waals surface area contributed by atoms with Crippen molar-refractivity contribution in [3.8, 4) is 6.19 Å². The van der Waals surface area contributed by atoms with Gasteiger partial charge in [-0.25, -0.2) is 4.84 Å². The third kappa shape index (κ3) is 1.58. The highest BCUT2D eigenvalue weighted by molar-refractivity contribution is 6.14. The molecule has 0 bridgehead atoms. The molecule has 0 aromatic carbocycles. The highest BCUT2D eigenvalue weighted by Crippen LogP contribution is 1.44. The Balaban J connectivity index is 2.43. The lowest BCUT2D eigenvalue weighted by Gasteiger charge is -1.54. The Labute approximate surface area is 29.1 Å². The minimum Gasteiger partial charge on any atom is -0.235 e. The van der Waals surface area contributed by atoms with Crippen molar-refractivity contribution in [1.29, 1.82) is 5.26 Å². The van der Waals surface area contributed by atoms with Crippen molar-refractivity contribution in [3.05, 3.63) is 0 Å². The molecule has 0 aliphatic rings. The van der Waals surface area contributed by atoms with E-state index in [-0.39, 0.29) is 0 Å². The number of nitrogens with one attached hydrogen (secondary N) is 1. The number of hydrogen-bond donors (Lipinski definition) is 1. The lowest BCUT2D eigenvalue weighted by atomic mass is 11.5. The summed E-state index contributed by atoms with van der Waals surface area (Å²) in [5.74, 6) is 0. The lowest BCUT2D eigenvalue weighted by Crippen LogP contribution is -1.76. The highest BCUT2D eigenvalue weighted by atomic mass is 35.5. The first-order chi connectivity index (χ1) is 1.91. The SMILES string of the molecule is N#CNCl. The predicted octanol–water partition coefficient (Wildman–Crippen LogP) is 0.211. The molecule has 4 heavy (non-hydrogen) atoms. The van der Waals surface area contributed by atoms with E-state index in [1.165, 1.54) is 6.19 Å². The van der Waals surface area contributed by atoms with Crippen LogP contribution in [0.4, 0.5) is 0 Å². The van der Waals surface area contributed by atoms with Gasteiger partial charge in [-0.05, 0) is 0 Å². The van der Waals surface area contributed by atoms with Crippen molar-refractivity contribution in [2.45, 2.75) is 0 Å². The van der Waals surface area contributed by atoms with Crippen LogP contribution in [-0.4, -0.2) is 0 Å². The molecule has 0 atom stereocenters. The number of nitrogens with zero attached hydrogens (tertiary/aromatic N) is 1. The smallest absolute Gasteiger partial charge is 0.192 e. The fraction of sp³-hybridized carbons (Fsp3) is 0. The second-order valence-corrected chi connectivity index (χ2v) is 0.395. The topological polar surface area (TPSA) is 35.8 Å². The minimum atomic E-state index is 1.45. The van der Waals surface area contributed by atoms with Gasteiger partial charge in [-0.2, -0.15) is 5.26 Å². The molecule has 0 fully saturated rings. The van der Waals surface area contributed by atoms with Gasteiger partial charge in [0.2, 0.25) is 0 Å². The van der Waals surface area contributed by atoms with Gasteiger partial charge in [0.25, 0.3) is 0 Å². The van der Waals surface area contributed by atoms with Gasteiger partial charge in [-0.15, -0.1) is 0 Å². The van der Waals surface area contributed by atoms with Gasteiger partial charge in [0.1, 0.15) is 0 Å². The van der Waals surface area contributed by atoms with Crippen LogP contribution in [0, 0.1) is 11.5 Å². The average Bonchev–Trinajstić information content (AvgIpc) is 1.37. The van der Waals surface area contributed by atoms with Crippen molar-refractivity contribution in [3.63, 3.8) is 0 Å². The van der Waals surface area contributed by atoms with E-state index in [1.807, 2.05) is 0 Å². The van der Waals surface area contributed by atoms with Gasteiger partial charge in [0.15, 0.2) is 6.19 Å². The zero-order chi connectivity index (χ0) is 3.41. The molecule has 22 valence electrons. The third-order valence-electron chi connectivity index (χ3n) is 0.0423. The first kappa shape index (κ1) is 3.58. The van der Waals surface area contributed by atoms with Crippen molar-refractivity contribution < 1.29 is 0 Å². The Morgan fingerprint density at radius 2 is 2.25 bits per heavy atom. The van der Waals surface area contributed by atoms with Crippen LogP contribution in [0.2, 0.25) is 0 Å². The molecular weight excluding hydrogens is 75.5 g/mol. The van der Waals surface area contributed by atoms with E-state index < -0.39 is 0 Å². The molecule has 1 N–H and O–H groups in total. The molecule has 0 saturated carbocycles. The van der Waals surface area contributed by atoms with Gasteiger partial charge < -0.3 is 0 Å². The summed E-state index contributed by atoms with van der Waals surface area (Å²) in [6.45, 7) is 0. The Morgan fingerprint density at radius 1 is 2.00 bits per heavy atom. The largest absolute Gasteiger partial charge is 0.235 e. The third-order valence-corrected chi connectivity index (χ3v) is 0.127. The van der Waals surface area contributed by atoms with Crippen LogP contribution in [-0.2, 0) is 0 Å². The molecule has 3 heteroatoms. The van der Waals surface area contributed by atoms with E-state index >= 15 is 0 Å². The van der Waals surface area contributed by atoms with Crippen molar-refractivity contribution in [2.75, 3.05) is 0 Å². The van der Waals surface area contributed by atoms with Crippen LogP contribution in [0.3, 0.4) is 0 Å². The van der Waals surface area contributed by atoms with E-state index in [9.17, 15) is 0 Å². The Hall–Kier alpha value is -0.420. The van der Waals surface area contributed by atoms with E-state index in [4.69, 9.17) is 5.26 Å².